The van der Waals surface area contributed by atoms with Crippen LogP contribution in [0.25, 0.3) is 0 Å². The van der Waals surface area contributed by atoms with Crippen LogP contribution in [0.2, 0.25) is 0 Å². The van der Waals surface area contributed by atoms with Crippen LogP contribution in [-0.4, -0.2) is 35.7 Å². The van der Waals surface area contributed by atoms with Crippen LogP contribution in [0.15, 0.2) is 0 Å². The summed E-state index contributed by atoms with van der Waals surface area (Å²) in [6.45, 7) is 6.67. The van der Waals surface area contributed by atoms with Crippen molar-refractivity contribution in [2.45, 2.75) is 33.2 Å². The number of carboxylic acid groups (broad SMARTS) is 1. The zero-order chi connectivity index (χ0) is 10.6. The summed E-state index contributed by atoms with van der Waals surface area (Å²) in [5.41, 5.74) is 5.95. The highest BCUT2D eigenvalue weighted by molar-refractivity contribution is 5.64. The van der Waals surface area contributed by atoms with Gasteiger partial charge in [0.05, 0.1) is 0 Å². The van der Waals surface area contributed by atoms with E-state index in [0.29, 0.717) is 6.54 Å². The smallest absolute Gasteiger partial charge is 0.407 e. The Morgan fingerprint density at radius 2 is 2.00 bits per heavy atom. The lowest BCUT2D eigenvalue weighted by Gasteiger charge is -2.25. The monoisotopic (exact) mass is 188 g/mol. The van der Waals surface area contributed by atoms with E-state index in [1.807, 2.05) is 0 Å². The van der Waals surface area contributed by atoms with Gasteiger partial charge in [0.1, 0.15) is 0 Å². The molecule has 4 heteroatoms. The molecule has 0 saturated heterocycles. The molecule has 1 amide bonds. The van der Waals surface area contributed by atoms with Gasteiger partial charge in [0.15, 0.2) is 0 Å². The Bertz CT molecular complexity index is 175. The van der Waals surface area contributed by atoms with Crippen molar-refractivity contribution in [3.05, 3.63) is 0 Å². The maximum Gasteiger partial charge on any atom is 0.407 e. The van der Waals surface area contributed by atoms with E-state index < -0.39 is 6.09 Å². The minimum absolute atomic E-state index is 0.0823. The number of hydrogen-bond acceptors (Lipinski definition) is 2. The second-order valence-electron chi connectivity index (χ2n) is 4.69. The molecular formula is C9H20N2O2. The molecule has 0 radical (unpaired) electrons. The predicted octanol–water partition coefficient (Wildman–Crippen LogP) is 1.36. The van der Waals surface area contributed by atoms with E-state index in [-0.39, 0.29) is 11.5 Å². The van der Waals surface area contributed by atoms with Gasteiger partial charge in [0.25, 0.3) is 0 Å². The van der Waals surface area contributed by atoms with Crippen molar-refractivity contribution in [3.8, 4) is 0 Å². The highest BCUT2D eigenvalue weighted by atomic mass is 16.4. The number of rotatable bonds is 3. The molecule has 0 rings (SSSR count). The van der Waals surface area contributed by atoms with Crippen molar-refractivity contribution in [2.24, 2.45) is 11.1 Å². The van der Waals surface area contributed by atoms with E-state index in [9.17, 15) is 4.79 Å². The third-order valence-corrected chi connectivity index (χ3v) is 1.71. The Labute approximate surface area is 79.7 Å². The molecule has 0 aliphatic carbocycles. The van der Waals surface area contributed by atoms with Gasteiger partial charge in [-0.15, -0.1) is 0 Å². The van der Waals surface area contributed by atoms with Gasteiger partial charge < -0.3 is 15.7 Å². The van der Waals surface area contributed by atoms with Gasteiger partial charge in [-0.25, -0.2) is 4.79 Å². The molecule has 0 heterocycles. The summed E-state index contributed by atoms with van der Waals surface area (Å²) < 4.78 is 0. The molecule has 1 unspecified atom stereocenters. The molecule has 4 nitrogen and oxygen atoms in total. The van der Waals surface area contributed by atoms with E-state index >= 15 is 0 Å². The van der Waals surface area contributed by atoms with E-state index in [4.69, 9.17) is 10.8 Å². The Balaban J connectivity index is 3.88. The molecule has 0 fully saturated rings. The minimum Gasteiger partial charge on any atom is -0.465 e. The standard InChI is InChI=1S/C9H20N2O2/c1-9(2,3)5-7(10)6-11(4)8(12)13/h7H,5-6,10H2,1-4H3,(H,12,13). The molecule has 0 aliphatic rings. The van der Waals surface area contributed by atoms with Crippen LogP contribution in [-0.2, 0) is 0 Å². The van der Waals surface area contributed by atoms with Crippen LogP contribution < -0.4 is 5.73 Å². The van der Waals surface area contributed by atoms with Crippen molar-refractivity contribution in [2.75, 3.05) is 13.6 Å². The third-order valence-electron chi connectivity index (χ3n) is 1.71. The van der Waals surface area contributed by atoms with Crippen LogP contribution in [0.1, 0.15) is 27.2 Å². The molecule has 1 atom stereocenters. The SMILES string of the molecule is CN(CC(N)CC(C)(C)C)C(=O)O. The topological polar surface area (TPSA) is 66.6 Å². The molecule has 0 bridgehead atoms. The van der Waals surface area contributed by atoms with E-state index in [2.05, 4.69) is 20.8 Å². The third kappa shape index (κ3) is 6.40. The van der Waals surface area contributed by atoms with Gasteiger partial charge in [-0.3, -0.25) is 0 Å². The summed E-state index contributed by atoms with van der Waals surface area (Å²) in [5.74, 6) is 0. The maximum absolute atomic E-state index is 10.5. The van der Waals surface area contributed by atoms with Crippen LogP contribution in [0.3, 0.4) is 0 Å². The highest BCUT2D eigenvalue weighted by Gasteiger charge is 2.18. The molecule has 0 aromatic heterocycles. The molecule has 3 N–H and O–H groups in total. The molecule has 78 valence electrons. The number of carbonyl (C=O) groups is 1. The molecule has 0 aliphatic heterocycles. The average molecular weight is 188 g/mol. The summed E-state index contributed by atoms with van der Waals surface area (Å²) >= 11 is 0. The van der Waals surface area contributed by atoms with E-state index in [0.717, 1.165) is 6.42 Å². The summed E-state index contributed by atoms with van der Waals surface area (Å²) in [6, 6.07) is -0.0823. The van der Waals surface area contributed by atoms with Crippen LogP contribution in [0, 0.1) is 5.41 Å². The maximum atomic E-state index is 10.5. The fourth-order valence-corrected chi connectivity index (χ4v) is 1.28. The lowest BCUT2D eigenvalue weighted by Crippen LogP contribution is -2.40. The Morgan fingerprint density at radius 3 is 2.31 bits per heavy atom. The number of hydrogen-bond donors (Lipinski definition) is 2. The Hall–Kier alpha value is -0.770. The van der Waals surface area contributed by atoms with Crippen molar-refractivity contribution >= 4 is 6.09 Å². The number of amides is 1. The molecule has 0 spiro atoms. The zero-order valence-electron chi connectivity index (χ0n) is 8.87. The van der Waals surface area contributed by atoms with E-state index in [1.165, 1.54) is 11.9 Å². The first kappa shape index (κ1) is 12.2. The second kappa shape index (κ2) is 4.46. The summed E-state index contributed by atoms with van der Waals surface area (Å²) in [6.07, 6.45) is -0.102. The highest BCUT2D eigenvalue weighted by Crippen LogP contribution is 2.19. The molecule has 0 aromatic carbocycles. The summed E-state index contributed by atoms with van der Waals surface area (Å²) in [7, 11) is 1.53. The van der Waals surface area contributed by atoms with Crippen molar-refractivity contribution in [1.82, 2.24) is 4.90 Å². The first-order chi connectivity index (χ1) is 5.72. The summed E-state index contributed by atoms with van der Waals surface area (Å²) in [5, 5.41) is 8.60. The second-order valence-corrected chi connectivity index (χ2v) is 4.69. The first-order valence-electron chi connectivity index (χ1n) is 4.42. The lowest BCUT2D eigenvalue weighted by molar-refractivity contribution is 0.150. The van der Waals surface area contributed by atoms with Gasteiger partial charge in [-0.1, -0.05) is 20.8 Å². The van der Waals surface area contributed by atoms with E-state index in [1.54, 1.807) is 0 Å². The fraction of sp³-hybridized carbons (Fsp3) is 0.889. The molecule has 13 heavy (non-hydrogen) atoms. The normalized spacial score (nSPS) is 13.9. The van der Waals surface area contributed by atoms with Crippen molar-refractivity contribution < 1.29 is 9.90 Å². The summed E-state index contributed by atoms with van der Waals surface area (Å²) in [4.78, 5) is 11.7. The predicted molar refractivity (Wildman–Crippen MR) is 52.7 cm³/mol. The Morgan fingerprint density at radius 1 is 1.54 bits per heavy atom. The lowest BCUT2D eigenvalue weighted by atomic mass is 9.88. The van der Waals surface area contributed by atoms with Gasteiger partial charge in [0.2, 0.25) is 0 Å². The van der Waals surface area contributed by atoms with Crippen LogP contribution >= 0.6 is 0 Å². The van der Waals surface area contributed by atoms with Crippen LogP contribution in [0.5, 0.6) is 0 Å². The van der Waals surface area contributed by atoms with Crippen LogP contribution in [0.4, 0.5) is 4.79 Å². The molecule has 0 saturated carbocycles. The van der Waals surface area contributed by atoms with Gasteiger partial charge in [-0.05, 0) is 11.8 Å². The van der Waals surface area contributed by atoms with Crippen molar-refractivity contribution in [3.63, 3.8) is 0 Å². The number of nitrogens with zero attached hydrogens (tertiary/aromatic N) is 1. The fourth-order valence-electron chi connectivity index (χ4n) is 1.28. The Kier molecular flexibility index (Phi) is 4.20. The largest absolute Gasteiger partial charge is 0.465 e. The minimum atomic E-state index is -0.927. The van der Waals surface area contributed by atoms with Gasteiger partial charge >= 0.3 is 6.09 Å². The molecular weight excluding hydrogens is 168 g/mol. The number of nitrogens with two attached hydrogens (primary N) is 1. The van der Waals surface area contributed by atoms with Gasteiger partial charge in [-0.2, -0.15) is 0 Å². The number of likely N-dealkylation sites (N-methyl/N-ethyl adjacent to an activating group) is 1. The first-order valence-corrected chi connectivity index (χ1v) is 4.42. The average Bonchev–Trinajstić information content (AvgIpc) is 1.81. The van der Waals surface area contributed by atoms with Gasteiger partial charge in [0, 0.05) is 19.6 Å². The molecule has 0 aromatic rings. The van der Waals surface area contributed by atoms with Crippen molar-refractivity contribution in [1.29, 1.82) is 0 Å². The zero-order valence-corrected chi connectivity index (χ0v) is 8.87. The quantitative estimate of drug-likeness (QED) is 0.702.